The lowest BCUT2D eigenvalue weighted by molar-refractivity contribution is 1.15. The van der Waals surface area contributed by atoms with Crippen LogP contribution >= 0.6 is 22.9 Å². The van der Waals surface area contributed by atoms with Crippen molar-refractivity contribution < 1.29 is 0 Å². The minimum absolute atomic E-state index is 0.555. The van der Waals surface area contributed by atoms with Gasteiger partial charge >= 0.3 is 0 Å². The molecule has 2 rings (SSSR count). The van der Waals surface area contributed by atoms with Gasteiger partial charge in [-0.05, 0) is 25.5 Å². The molecule has 5 heteroatoms. The molecule has 0 saturated carbocycles. The number of anilines is 1. The maximum Gasteiger partial charge on any atom is 0.132 e. The van der Waals surface area contributed by atoms with Crippen LogP contribution in [0.25, 0.3) is 0 Å². The van der Waals surface area contributed by atoms with Crippen LogP contribution in [0.1, 0.15) is 15.4 Å². The smallest absolute Gasteiger partial charge is 0.132 e. The van der Waals surface area contributed by atoms with Crippen LogP contribution in [-0.4, -0.2) is 9.97 Å². The summed E-state index contributed by atoms with van der Waals surface area (Å²) in [6, 6.07) is 1.99. The highest BCUT2D eigenvalue weighted by Gasteiger charge is 2.00. The molecule has 3 nitrogen and oxygen atoms in total. The van der Waals surface area contributed by atoms with Gasteiger partial charge < -0.3 is 5.32 Å². The summed E-state index contributed by atoms with van der Waals surface area (Å²) >= 11 is 7.55. The third-order valence-corrected chi connectivity index (χ3v) is 3.46. The normalized spacial score (nSPS) is 10.4. The van der Waals surface area contributed by atoms with Crippen molar-refractivity contribution in [2.45, 2.75) is 20.4 Å². The van der Waals surface area contributed by atoms with E-state index in [2.05, 4.69) is 15.3 Å². The van der Waals surface area contributed by atoms with Crippen molar-refractivity contribution in [3.8, 4) is 0 Å². The van der Waals surface area contributed by atoms with Gasteiger partial charge in [-0.3, -0.25) is 0 Å². The third kappa shape index (κ3) is 2.71. The largest absolute Gasteiger partial charge is 0.379 e. The summed E-state index contributed by atoms with van der Waals surface area (Å²) in [6.07, 6.45) is 3.63. The van der Waals surface area contributed by atoms with Gasteiger partial charge in [-0.25, -0.2) is 9.97 Å². The van der Waals surface area contributed by atoms with Gasteiger partial charge in [0.1, 0.15) is 5.15 Å². The highest BCUT2D eigenvalue weighted by Crippen LogP contribution is 2.18. The Labute approximate surface area is 104 Å². The van der Waals surface area contributed by atoms with Gasteiger partial charge in [-0.15, -0.1) is 11.3 Å². The van der Waals surface area contributed by atoms with Crippen molar-refractivity contribution in [2.24, 2.45) is 0 Å². The maximum atomic E-state index is 5.85. The van der Waals surface area contributed by atoms with Crippen molar-refractivity contribution in [1.82, 2.24) is 9.97 Å². The first-order valence-electron chi connectivity index (χ1n) is 4.92. The minimum atomic E-state index is 0.555. The fourth-order valence-electron chi connectivity index (χ4n) is 1.33. The van der Waals surface area contributed by atoms with E-state index in [4.69, 9.17) is 11.6 Å². The number of hydrogen-bond acceptors (Lipinski definition) is 4. The number of nitrogens with zero attached hydrogens (tertiary/aromatic N) is 2. The number of thiazole rings is 1. The van der Waals surface area contributed by atoms with Crippen molar-refractivity contribution in [3.05, 3.63) is 39.1 Å². The molecule has 84 valence electrons. The number of nitrogens with one attached hydrogen (secondary N) is 1. The molecule has 0 radical (unpaired) electrons. The first-order chi connectivity index (χ1) is 7.65. The molecule has 2 aromatic heterocycles. The molecule has 0 unspecified atom stereocenters. The van der Waals surface area contributed by atoms with E-state index in [9.17, 15) is 0 Å². The zero-order valence-electron chi connectivity index (χ0n) is 9.12. The lowest BCUT2D eigenvalue weighted by Gasteiger charge is -2.05. The molecule has 0 aliphatic rings. The third-order valence-electron chi connectivity index (χ3n) is 2.15. The summed E-state index contributed by atoms with van der Waals surface area (Å²) in [4.78, 5) is 9.50. The lowest BCUT2D eigenvalue weighted by Crippen LogP contribution is -1.98. The van der Waals surface area contributed by atoms with Crippen LogP contribution in [-0.2, 0) is 6.54 Å². The van der Waals surface area contributed by atoms with Crippen LogP contribution in [0.4, 0.5) is 5.69 Å². The molecule has 0 fully saturated rings. The first kappa shape index (κ1) is 11.4. The van der Waals surface area contributed by atoms with E-state index < -0.39 is 0 Å². The highest BCUT2D eigenvalue weighted by molar-refractivity contribution is 7.11. The number of halogens is 1. The minimum Gasteiger partial charge on any atom is -0.379 e. The monoisotopic (exact) mass is 253 g/mol. The summed E-state index contributed by atoms with van der Waals surface area (Å²) in [6.45, 7) is 4.72. The van der Waals surface area contributed by atoms with Crippen molar-refractivity contribution in [1.29, 1.82) is 0 Å². The molecule has 0 amide bonds. The van der Waals surface area contributed by atoms with E-state index in [1.165, 1.54) is 4.88 Å². The Morgan fingerprint density at radius 2 is 2.12 bits per heavy atom. The Kier molecular flexibility index (Phi) is 3.41. The zero-order valence-corrected chi connectivity index (χ0v) is 10.7. The van der Waals surface area contributed by atoms with Gasteiger partial charge in [-0.1, -0.05) is 11.6 Å². The summed E-state index contributed by atoms with van der Waals surface area (Å²) in [5, 5.41) is 4.93. The van der Waals surface area contributed by atoms with Gasteiger partial charge in [0, 0.05) is 11.1 Å². The van der Waals surface area contributed by atoms with Gasteiger partial charge in [-0.2, -0.15) is 0 Å². The fourth-order valence-corrected chi connectivity index (χ4v) is 2.17. The topological polar surface area (TPSA) is 37.8 Å². The van der Waals surface area contributed by atoms with Crippen LogP contribution < -0.4 is 5.32 Å². The lowest BCUT2D eigenvalue weighted by atomic mass is 10.3. The fraction of sp³-hybridized carbons (Fsp3) is 0.273. The average molecular weight is 254 g/mol. The molecule has 0 aliphatic heterocycles. The zero-order chi connectivity index (χ0) is 11.5. The van der Waals surface area contributed by atoms with Gasteiger partial charge in [0.2, 0.25) is 0 Å². The number of hydrogen-bond donors (Lipinski definition) is 1. The second kappa shape index (κ2) is 4.80. The van der Waals surface area contributed by atoms with E-state index >= 15 is 0 Å². The molecule has 0 aliphatic carbocycles. The van der Waals surface area contributed by atoms with Crippen LogP contribution in [0.3, 0.4) is 0 Å². The van der Waals surface area contributed by atoms with E-state index in [1.807, 2.05) is 26.1 Å². The van der Waals surface area contributed by atoms with Crippen LogP contribution in [0.5, 0.6) is 0 Å². The van der Waals surface area contributed by atoms with Gasteiger partial charge in [0.25, 0.3) is 0 Å². The summed E-state index contributed by atoms with van der Waals surface area (Å²) in [5.74, 6) is 0. The molecule has 2 heterocycles. The molecule has 2 aromatic rings. The van der Waals surface area contributed by atoms with Crippen LogP contribution in [0.15, 0.2) is 18.5 Å². The molecular formula is C11H12ClN3S. The predicted octanol–water partition coefficient (Wildman–Crippen LogP) is 3.42. The molecule has 0 spiro atoms. The predicted molar refractivity (Wildman–Crippen MR) is 68.2 cm³/mol. The van der Waals surface area contributed by atoms with E-state index in [1.54, 1.807) is 17.5 Å². The van der Waals surface area contributed by atoms with Crippen molar-refractivity contribution in [3.63, 3.8) is 0 Å². The summed E-state index contributed by atoms with van der Waals surface area (Å²) < 4.78 is 0. The molecule has 0 bridgehead atoms. The van der Waals surface area contributed by atoms with Crippen molar-refractivity contribution >= 4 is 28.6 Å². The Morgan fingerprint density at radius 3 is 2.75 bits per heavy atom. The van der Waals surface area contributed by atoms with E-state index in [0.29, 0.717) is 5.15 Å². The molecule has 0 saturated heterocycles. The van der Waals surface area contributed by atoms with Crippen molar-refractivity contribution in [2.75, 3.05) is 5.32 Å². The summed E-state index contributed by atoms with van der Waals surface area (Å²) in [5.41, 5.74) is 1.96. The Morgan fingerprint density at radius 1 is 1.31 bits per heavy atom. The molecule has 1 N–H and O–H groups in total. The Balaban J connectivity index is 2.02. The highest BCUT2D eigenvalue weighted by atomic mass is 35.5. The van der Waals surface area contributed by atoms with Crippen LogP contribution in [0.2, 0.25) is 5.15 Å². The number of aromatic nitrogens is 2. The number of aryl methyl sites for hydroxylation is 2. The number of pyridine rings is 1. The van der Waals surface area contributed by atoms with E-state index in [0.717, 1.165) is 22.8 Å². The molecule has 16 heavy (non-hydrogen) atoms. The molecule has 0 atom stereocenters. The Hall–Kier alpha value is -1.13. The maximum absolute atomic E-state index is 5.85. The molecule has 0 aromatic carbocycles. The Bertz CT molecular complexity index is 496. The van der Waals surface area contributed by atoms with Gasteiger partial charge in [0.05, 0.1) is 23.4 Å². The average Bonchev–Trinajstić information content (AvgIpc) is 2.66. The SMILES string of the molecule is Cc1ncc(CNc2cnc(Cl)c(C)c2)s1. The standard InChI is InChI=1S/C11H12ClN3S/c1-7-3-9(4-15-11(7)12)14-6-10-5-13-8(2)16-10/h3-5,14H,6H2,1-2H3. The number of rotatable bonds is 3. The second-order valence-electron chi connectivity index (χ2n) is 3.53. The van der Waals surface area contributed by atoms with Crippen LogP contribution in [0, 0.1) is 13.8 Å². The quantitative estimate of drug-likeness (QED) is 0.852. The summed E-state index contributed by atoms with van der Waals surface area (Å²) in [7, 11) is 0. The molecular weight excluding hydrogens is 242 g/mol. The van der Waals surface area contributed by atoms with E-state index in [-0.39, 0.29) is 0 Å². The van der Waals surface area contributed by atoms with Gasteiger partial charge in [0.15, 0.2) is 0 Å². The second-order valence-corrected chi connectivity index (χ2v) is 5.21. The first-order valence-corrected chi connectivity index (χ1v) is 6.12.